The highest BCUT2D eigenvalue weighted by atomic mass is 14.9. The van der Waals surface area contributed by atoms with Gasteiger partial charge in [0.25, 0.3) is 0 Å². The van der Waals surface area contributed by atoms with E-state index in [0.29, 0.717) is 5.92 Å². The first-order valence-corrected chi connectivity index (χ1v) is 6.09. The summed E-state index contributed by atoms with van der Waals surface area (Å²) in [5.74, 6) is 1.12. The fraction of sp³-hybridized carbons (Fsp3) is 0.500. The largest absolute Gasteiger partial charge is 0.387 e. The number of aryl methyl sites for hydroxylation is 1. The number of rotatable bonds is 2. The number of hydrogen-bond donors (Lipinski definition) is 1. The number of benzene rings is 1. The van der Waals surface area contributed by atoms with Crippen molar-refractivity contribution in [3.8, 4) is 0 Å². The van der Waals surface area contributed by atoms with Crippen molar-refractivity contribution in [1.82, 2.24) is 0 Å². The van der Waals surface area contributed by atoms with E-state index in [4.69, 9.17) is 5.73 Å². The van der Waals surface area contributed by atoms with Gasteiger partial charge < -0.3 is 5.73 Å². The highest BCUT2D eigenvalue weighted by Gasteiger charge is 2.19. The minimum absolute atomic E-state index is 0.285. The van der Waals surface area contributed by atoms with Crippen molar-refractivity contribution in [2.24, 2.45) is 16.6 Å². The van der Waals surface area contributed by atoms with Crippen LogP contribution in [0.2, 0.25) is 0 Å². The normalized spacial score (nSPS) is 20.9. The smallest absolute Gasteiger partial charge is 0.0970 e. The standard InChI is InChI=1S/C14H20N2/c1-10(2)14(15)16-13-9-5-7-11-6-3-4-8-12(11)13/h3-4,6,8,10,13H,5,7,9H2,1-2H3,(H2,15,16). The maximum Gasteiger partial charge on any atom is 0.0970 e. The molecule has 1 aliphatic rings. The Morgan fingerprint density at radius 3 is 2.88 bits per heavy atom. The third-order valence-corrected chi connectivity index (χ3v) is 3.23. The lowest BCUT2D eigenvalue weighted by molar-refractivity contribution is 0.568. The van der Waals surface area contributed by atoms with Gasteiger partial charge in [0.15, 0.2) is 0 Å². The molecular weight excluding hydrogens is 196 g/mol. The van der Waals surface area contributed by atoms with Crippen molar-refractivity contribution in [3.63, 3.8) is 0 Å². The molecule has 0 radical (unpaired) electrons. The van der Waals surface area contributed by atoms with Crippen LogP contribution < -0.4 is 5.73 Å². The third kappa shape index (κ3) is 2.26. The fourth-order valence-electron chi connectivity index (χ4n) is 2.19. The van der Waals surface area contributed by atoms with E-state index in [1.165, 1.54) is 24.0 Å². The van der Waals surface area contributed by atoms with E-state index in [1.54, 1.807) is 0 Å². The maximum atomic E-state index is 5.95. The predicted molar refractivity (Wildman–Crippen MR) is 68.6 cm³/mol. The summed E-state index contributed by atoms with van der Waals surface area (Å²) < 4.78 is 0. The molecule has 1 aliphatic carbocycles. The van der Waals surface area contributed by atoms with Gasteiger partial charge in [0.1, 0.15) is 0 Å². The van der Waals surface area contributed by atoms with Gasteiger partial charge in [-0.05, 0) is 30.4 Å². The SMILES string of the molecule is CC(C)C(N)=NC1CCCc2ccccc21. The zero-order valence-electron chi connectivity index (χ0n) is 10.1. The molecule has 2 rings (SSSR count). The first-order chi connectivity index (χ1) is 7.68. The summed E-state index contributed by atoms with van der Waals surface area (Å²) in [6, 6.07) is 8.89. The van der Waals surface area contributed by atoms with E-state index in [9.17, 15) is 0 Å². The quantitative estimate of drug-likeness (QED) is 0.599. The van der Waals surface area contributed by atoms with Crippen molar-refractivity contribution in [3.05, 3.63) is 35.4 Å². The molecule has 86 valence electrons. The Labute approximate surface area is 97.6 Å². The molecule has 1 unspecified atom stereocenters. The van der Waals surface area contributed by atoms with Crippen LogP contribution in [0.4, 0.5) is 0 Å². The summed E-state index contributed by atoms with van der Waals surface area (Å²) >= 11 is 0. The molecule has 2 nitrogen and oxygen atoms in total. The summed E-state index contributed by atoms with van der Waals surface area (Å²) in [7, 11) is 0. The molecule has 0 bridgehead atoms. The number of hydrogen-bond acceptors (Lipinski definition) is 1. The van der Waals surface area contributed by atoms with E-state index in [0.717, 1.165) is 12.3 Å². The maximum absolute atomic E-state index is 5.95. The fourth-order valence-corrected chi connectivity index (χ4v) is 2.19. The van der Waals surface area contributed by atoms with Crippen LogP contribution in [0.25, 0.3) is 0 Å². The molecular formula is C14H20N2. The van der Waals surface area contributed by atoms with Gasteiger partial charge in [-0.1, -0.05) is 38.1 Å². The van der Waals surface area contributed by atoms with Crippen molar-refractivity contribution in [2.75, 3.05) is 0 Å². The summed E-state index contributed by atoms with van der Waals surface area (Å²) in [4.78, 5) is 4.67. The lowest BCUT2D eigenvalue weighted by Gasteiger charge is -2.23. The molecule has 2 heteroatoms. The van der Waals surface area contributed by atoms with Gasteiger partial charge in [-0.2, -0.15) is 0 Å². The topological polar surface area (TPSA) is 38.4 Å². The molecule has 0 aliphatic heterocycles. The van der Waals surface area contributed by atoms with Crippen molar-refractivity contribution >= 4 is 5.84 Å². The van der Waals surface area contributed by atoms with E-state index in [2.05, 4.69) is 43.1 Å². The van der Waals surface area contributed by atoms with E-state index in [1.807, 2.05) is 0 Å². The average molecular weight is 216 g/mol. The Morgan fingerprint density at radius 1 is 1.38 bits per heavy atom. The predicted octanol–water partition coefficient (Wildman–Crippen LogP) is 3.08. The van der Waals surface area contributed by atoms with Crippen LogP contribution in [0.15, 0.2) is 29.3 Å². The van der Waals surface area contributed by atoms with E-state index < -0.39 is 0 Å². The molecule has 0 heterocycles. The average Bonchev–Trinajstić information content (AvgIpc) is 2.29. The molecule has 2 N–H and O–H groups in total. The molecule has 1 aromatic carbocycles. The van der Waals surface area contributed by atoms with Crippen LogP contribution in [0.1, 0.15) is 43.9 Å². The zero-order chi connectivity index (χ0) is 11.5. The molecule has 0 saturated heterocycles. The van der Waals surface area contributed by atoms with Crippen molar-refractivity contribution in [2.45, 2.75) is 39.2 Å². The minimum Gasteiger partial charge on any atom is -0.387 e. The number of amidine groups is 1. The zero-order valence-corrected chi connectivity index (χ0v) is 10.1. The number of nitrogens with two attached hydrogens (primary N) is 1. The third-order valence-electron chi connectivity index (χ3n) is 3.23. The molecule has 0 aromatic heterocycles. The number of nitrogens with zero attached hydrogens (tertiary/aromatic N) is 1. The second-order valence-electron chi connectivity index (χ2n) is 4.82. The summed E-state index contributed by atoms with van der Waals surface area (Å²) in [5.41, 5.74) is 8.77. The Morgan fingerprint density at radius 2 is 2.12 bits per heavy atom. The Hall–Kier alpha value is -1.31. The van der Waals surface area contributed by atoms with Gasteiger partial charge >= 0.3 is 0 Å². The molecule has 1 aromatic rings. The molecule has 16 heavy (non-hydrogen) atoms. The van der Waals surface area contributed by atoms with Crippen LogP contribution in [-0.4, -0.2) is 5.84 Å². The minimum atomic E-state index is 0.285. The van der Waals surface area contributed by atoms with Crippen LogP contribution in [-0.2, 0) is 6.42 Å². The second-order valence-corrected chi connectivity index (χ2v) is 4.82. The van der Waals surface area contributed by atoms with Crippen LogP contribution in [0.5, 0.6) is 0 Å². The number of aliphatic imine (C=N–C) groups is 1. The summed E-state index contributed by atoms with van der Waals surface area (Å²) in [5, 5.41) is 0. The van der Waals surface area contributed by atoms with Crippen LogP contribution >= 0.6 is 0 Å². The van der Waals surface area contributed by atoms with Gasteiger partial charge in [0.2, 0.25) is 0 Å². The van der Waals surface area contributed by atoms with Gasteiger partial charge in [-0.25, -0.2) is 0 Å². The Balaban J connectivity index is 2.29. The van der Waals surface area contributed by atoms with Crippen LogP contribution in [0, 0.1) is 5.92 Å². The van der Waals surface area contributed by atoms with Crippen molar-refractivity contribution < 1.29 is 0 Å². The molecule has 0 amide bonds. The lowest BCUT2D eigenvalue weighted by atomic mass is 9.88. The lowest BCUT2D eigenvalue weighted by Crippen LogP contribution is -2.21. The van der Waals surface area contributed by atoms with Gasteiger partial charge in [0.05, 0.1) is 11.9 Å². The molecule has 0 fully saturated rings. The van der Waals surface area contributed by atoms with Gasteiger partial charge in [-0.3, -0.25) is 4.99 Å². The number of fused-ring (bicyclic) bond motifs is 1. The highest BCUT2D eigenvalue weighted by Crippen LogP contribution is 2.32. The monoisotopic (exact) mass is 216 g/mol. The van der Waals surface area contributed by atoms with Crippen molar-refractivity contribution in [1.29, 1.82) is 0 Å². The summed E-state index contributed by atoms with van der Waals surface area (Å²) in [6.07, 6.45) is 3.53. The van der Waals surface area contributed by atoms with E-state index >= 15 is 0 Å². The molecule has 0 spiro atoms. The second kappa shape index (κ2) is 4.69. The van der Waals surface area contributed by atoms with Gasteiger partial charge in [0, 0.05) is 5.92 Å². The van der Waals surface area contributed by atoms with Crippen LogP contribution in [0.3, 0.4) is 0 Å². The first kappa shape index (κ1) is 11.2. The van der Waals surface area contributed by atoms with E-state index in [-0.39, 0.29) is 6.04 Å². The summed E-state index contributed by atoms with van der Waals surface area (Å²) in [6.45, 7) is 4.18. The molecule has 0 saturated carbocycles. The Bertz CT molecular complexity index is 393. The first-order valence-electron chi connectivity index (χ1n) is 6.09. The molecule has 1 atom stereocenters. The van der Waals surface area contributed by atoms with Gasteiger partial charge in [-0.15, -0.1) is 0 Å². The highest BCUT2D eigenvalue weighted by molar-refractivity contribution is 5.82. The Kier molecular flexibility index (Phi) is 3.28.